The fourth-order valence-electron chi connectivity index (χ4n) is 1.33. The van der Waals surface area contributed by atoms with E-state index in [2.05, 4.69) is 20.2 Å². The molecule has 0 aliphatic rings. The average molecular weight is 288 g/mol. The first-order valence-electron chi connectivity index (χ1n) is 4.93. The minimum Gasteiger partial charge on any atom is -0.262 e. The monoisotopic (exact) mass is 287 g/mol. The molecule has 0 radical (unpaired) electrons. The summed E-state index contributed by atoms with van der Waals surface area (Å²) in [7, 11) is -2.26. The van der Waals surface area contributed by atoms with E-state index in [1.54, 1.807) is 0 Å². The van der Waals surface area contributed by atoms with E-state index in [0.29, 0.717) is 5.82 Å². The van der Waals surface area contributed by atoms with Gasteiger partial charge in [-0.2, -0.15) is 9.40 Å². The molecule has 7 nitrogen and oxygen atoms in total. The van der Waals surface area contributed by atoms with Crippen molar-refractivity contribution in [2.24, 2.45) is 0 Å². The van der Waals surface area contributed by atoms with Crippen LogP contribution in [0.2, 0.25) is 5.15 Å². The van der Waals surface area contributed by atoms with Crippen molar-refractivity contribution in [3.05, 3.63) is 35.6 Å². The van der Waals surface area contributed by atoms with Crippen molar-refractivity contribution in [1.29, 1.82) is 0 Å². The summed E-state index contributed by atoms with van der Waals surface area (Å²) in [5.41, 5.74) is 0. The van der Waals surface area contributed by atoms with Crippen LogP contribution in [0.4, 0.5) is 0 Å². The quantitative estimate of drug-likeness (QED) is 0.835. The molecule has 9 heteroatoms. The Kier molecular flexibility index (Phi) is 3.60. The van der Waals surface area contributed by atoms with Crippen LogP contribution in [0.3, 0.4) is 0 Å². The summed E-state index contributed by atoms with van der Waals surface area (Å²) in [5.74, 6) is 0.445. The summed E-state index contributed by atoms with van der Waals surface area (Å²) >= 11 is 5.78. The van der Waals surface area contributed by atoms with Gasteiger partial charge in [0.15, 0.2) is 0 Å². The Balaban J connectivity index is 2.29. The molecule has 1 N–H and O–H groups in total. The van der Waals surface area contributed by atoms with Crippen LogP contribution in [0.15, 0.2) is 29.6 Å². The van der Waals surface area contributed by atoms with Crippen molar-refractivity contribution in [3.63, 3.8) is 0 Å². The third kappa shape index (κ3) is 2.50. The first kappa shape index (κ1) is 12.9. The first-order valence-corrected chi connectivity index (χ1v) is 6.74. The molecule has 0 spiro atoms. The van der Waals surface area contributed by atoms with Gasteiger partial charge in [-0.25, -0.2) is 18.4 Å². The molecule has 0 aliphatic heterocycles. The Morgan fingerprint density at radius 3 is 2.83 bits per heavy atom. The zero-order valence-electron chi connectivity index (χ0n) is 9.41. The third-order valence-corrected chi connectivity index (χ3v) is 4.50. The van der Waals surface area contributed by atoms with E-state index >= 15 is 0 Å². The SMILES string of the molecule is CN(Cc1ncn[nH]1)S(=O)(=O)c1cccnc1Cl. The molecule has 0 unspecified atom stereocenters. The maximum absolute atomic E-state index is 12.2. The third-order valence-electron chi connectivity index (χ3n) is 2.25. The normalized spacial score (nSPS) is 11.9. The number of hydrogen-bond acceptors (Lipinski definition) is 5. The Morgan fingerprint density at radius 2 is 2.22 bits per heavy atom. The zero-order valence-corrected chi connectivity index (χ0v) is 11.0. The maximum Gasteiger partial charge on any atom is 0.246 e. The number of hydrogen-bond donors (Lipinski definition) is 1. The largest absolute Gasteiger partial charge is 0.262 e. The van der Waals surface area contributed by atoms with Crippen LogP contribution in [0.1, 0.15) is 5.82 Å². The Hall–Kier alpha value is -1.51. The number of H-pyrrole nitrogens is 1. The average Bonchev–Trinajstić information content (AvgIpc) is 2.82. The fourth-order valence-corrected chi connectivity index (χ4v) is 2.89. The van der Waals surface area contributed by atoms with E-state index in [0.717, 1.165) is 4.31 Å². The summed E-state index contributed by atoms with van der Waals surface area (Å²) in [6.45, 7) is 0.0769. The van der Waals surface area contributed by atoms with Gasteiger partial charge in [0.25, 0.3) is 0 Å². The van der Waals surface area contributed by atoms with Crippen LogP contribution in [-0.4, -0.2) is 39.9 Å². The molecule has 0 aromatic carbocycles. The van der Waals surface area contributed by atoms with Gasteiger partial charge in [0, 0.05) is 13.2 Å². The number of pyridine rings is 1. The van der Waals surface area contributed by atoms with E-state index in [9.17, 15) is 8.42 Å². The number of sulfonamides is 1. The topological polar surface area (TPSA) is 91.8 Å². The molecule has 0 saturated heterocycles. The van der Waals surface area contributed by atoms with Crippen LogP contribution in [0.25, 0.3) is 0 Å². The molecule has 96 valence electrons. The molecule has 0 bridgehead atoms. The fraction of sp³-hybridized carbons (Fsp3) is 0.222. The lowest BCUT2D eigenvalue weighted by molar-refractivity contribution is 0.457. The summed E-state index contributed by atoms with van der Waals surface area (Å²) < 4.78 is 25.6. The smallest absolute Gasteiger partial charge is 0.246 e. The van der Waals surface area contributed by atoms with Gasteiger partial charge in [-0.1, -0.05) is 11.6 Å². The van der Waals surface area contributed by atoms with E-state index in [-0.39, 0.29) is 16.6 Å². The second-order valence-electron chi connectivity index (χ2n) is 3.49. The standard InChI is InChI=1S/C9H10ClN5O2S/c1-15(5-8-12-6-13-14-8)18(16,17)7-3-2-4-11-9(7)10/h2-4,6H,5H2,1H3,(H,12,13,14). The van der Waals surface area contributed by atoms with Crippen molar-refractivity contribution in [2.45, 2.75) is 11.4 Å². The molecular formula is C9H10ClN5O2S. The molecule has 2 rings (SSSR count). The van der Waals surface area contributed by atoms with Gasteiger partial charge in [0.05, 0.1) is 6.54 Å². The van der Waals surface area contributed by atoms with E-state index in [1.165, 1.54) is 31.7 Å². The Bertz CT molecular complexity index is 628. The van der Waals surface area contributed by atoms with Crippen molar-refractivity contribution in [2.75, 3.05) is 7.05 Å². The molecule has 2 heterocycles. The highest BCUT2D eigenvalue weighted by Crippen LogP contribution is 2.21. The van der Waals surface area contributed by atoms with Crippen molar-refractivity contribution >= 4 is 21.6 Å². The highest BCUT2D eigenvalue weighted by Gasteiger charge is 2.24. The van der Waals surface area contributed by atoms with E-state index in [1.807, 2.05) is 0 Å². The second kappa shape index (κ2) is 5.01. The molecule has 2 aromatic rings. The number of rotatable bonds is 4. The van der Waals surface area contributed by atoms with Crippen molar-refractivity contribution in [3.8, 4) is 0 Å². The Labute approximate surface area is 109 Å². The summed E-state index contributed by atoms with van der Waals surface area (Å²) in [6.07, 6.45) is 2.74. The highest BCUT2D eigenvalue weighted by atomic mass is 35.5. The molecule has 0 atom stereocenters. The predicted molar refractivity (Wildman–Crippen MR) is 64.3 cm³/mol. The minimum atomic E-state index is -3.69. The van der Waals surface area contributed by atoms with Crippen molar-refractivity contribution in [1.82, 2.24) is 24.5 Å². The van der Waals surface area contributed by atoms with Gasteiger partial charge in [0.2, 0.25) is 10.0 Å². The number of aromatic amines is 1. The Morgan fingerprint density at radius 1 is 1.44 bits per heavy atom. The minimum absolute atomic E-state index is 0.0336. The van der Waals surface area contributed by atoms with Gasteiger partial charge in [-0.05, 0) is 12.1 Å². The predicted octanol–water partition coefficient (Wildman–Crippen LogP) is 0.674. The highest BCUT2D eigenvalue weighted by molar-refractivity contribution is 7.89. The molecule has 0 fully saturated rings. The molecule has 2 aromatic heterocycles. The van der Waals surface area contributed by atoms with Crippen LogP contribution >= 0.6 is 11.6 Å². The molecule has 0 aliphatic carbocycles. The van der Waals surface area contributed by atoms with Crippen LogP contribution in [-0.2, 0) is 16.6 Å². The summed E-state index contributed by atoms with van der Waals surface area (Å²) in [5, 5.41) is 6.19. The second-order valence-corrected chi connectivity index (χ2v) is 5.86. The van der Waals surface area contributed by atoms with Gasteiger partial charge in [0.1, 0.15) is 22.2 Å². The van der Waals surface area contributed by atoms with Gasteiger partial charge < -0.3 is 0 Å². The summed E-state index contributed by atoms with van der Waals surface area (Å²) in [4.78, 5) is 7.58. The van der Waals surface area contributed by atoms with Crippen LogP contribution in [0.5, 0.6) is 0 Å². The lowest BCUT2D eigenvalue weighted by Crippen LogP contribution is -2.27. The number of halogens is 1. The molecule has 18 heavy (non-hydrogen) atoms. The lowest BCUT2D eigenvalue weighted by Gasteiger charge is -2.15. The molecular weight excluding hydrogens is 278 g/mol. The van der Waals surface area contributed by atoms with Crippen LogP contribution in [0, 0.1) is 0 Å². The molecule has 0 amide bonds. The maximum atomic E-state index is 12.2. The van der Waals surface area contributed by atoms with Gasteiger partial charge >= 0.3 is 0 Å². The van der Waals surface area contributed by atoms with E-state index in [4.69, 9.17) is 11.6 Å². The first-order chi connectivity index (χ1) is 8.51. The van der Waals surface area contributed by atoms with Crippen molar-refractivity contribution < 1.29 is 8.42 Å². The number of nitrogens with zero attached hydrogens (tertiary/aromatic N) is 4. The van der Waals surface area contributed by atoms with Crippen LogP contribution < -0.4 is 0 Å². The molecule has 0 saturated carbocycles. The zero-order chi connectivity index (χ0) is 13.2. The van der Waals surface area contributed by atoms with Gasteiger partial charge in [-0.3, -0.25) is 5.10 Å². The van der Waals surface area contributed by atoms with E-state index < -0.39 is 10.0 Å². The summed E-state index contributed by atoms with van der Waals surface area (Å²) in [6, 6.07) is 2.92. The lowest BCUT2D eigenvalue weighted by atomic mass is 10.5. The van der Waals surface area contributed by atoms with Gasteiger partial charge in [-0.15, -0.1) is 0 Å². The number of nitrogens with one attached hydrogen (secondary N) is 1. The number of aromatic nitrogens is 4.